The number of benzene rings is 1. The molecule has 0 spiro atoms. The fourth-order valence-electron chi connectivity index (χ4n) is 3.86. The topological polar surface area (TPSA) is 69.7 Å². The molecule has 1 aromatic rings. The maximum absolute atomic E-state index is 12.4. The average molecular weight is 392 g/mol. The zero-order valence-electron chi connectivity index (χ0n) is 16.1. The summed E-state index contributed by atoms with van der Waals surface area (Å²) in [5.74, 6) is 0.283. The molecule has 2 saturated heterocycles. The predicted molar refractivity (Wildman–Crippen MR) is 107 cm³/mol. The Hall–Kier alpha value is -1.70. The Morgan fingerprint density at radius 3 is 2.41 bits per heavy atom. The van der Waals surface area contributed by atoms with Crippen molar-refractivity contribution >= 4 is 15.7 Å². The second-order valence-electron chi connectivity index (χ2n) is 7.72. The fourth-order valence-corrected chi connectivity index (χ4v) is 5.90. The van der Waals surface area contributed by atoms with Gasteiger partial charge in [-0.25, -0.2) is 8.42 Å². The zero-order valence-corrected chi connectivity index (χ0v) is 16.9. The van der Waals surface area contributed by atoms with E-state index in [1.54, 1.807) is 0 Å². The largest absolute Gasteiger partial charge is 0.351 e. The van der Waals surface area contributed by atoms with Gasteiger partial charge in [-0.3, -0.25) is 14.6 Å². The van der Waals surface area contributed by atoms with Crippen molar-refractivity contribution in [1.29, 1.82) is 0 Å². The Balaban J connectivity index is 1.61. The molecular weight excluding hydrogens is 362 g/mol. The average Bonchev–Trinajstić information content (AvgIpc) is 2.95. The van der Waals surface area contributed by atoms with E-state index in [2.05, 4.69) is 35.0 Å². The highest BCUT2D eigenvalue weighted by Gasteiger charge is 2.46. The van der Waals surface area contributed by atoms with Crippen LogP contribution in [-0.4, -0.2) is 73.9 Å². The van der Waals surface area contributed by atoms with E-state index in [0.29, 0.717) is 13.1 Å². The molecule has 148 valence electrons. The zero-order chi connectivity index (χ0) is 19.4. The smallest absolute Gasteiger partial charge is 0.234 e. The normalized spacial score (nSPS) is 25.0. The van der Waals surface area contributed by atoms with Gasteiger partial charge in [0.05, 0.1) is 18.1 Å². The van der Waals surface area contributed by atoms with Crippen molar-refractivity contribution < 1.29 is 13.2 Å². The molecule has 2 aliphatic heterocycles. The number of piperazine rings is 1. The van der Waals surface area contributed by atoms with Crippen LogP contribution >= 0.6 is 0 Å². The molecule has 0 saturated carbocycles. The predicted octanol–water partition coefficient (Wildman–Crippen LogP) is 1.05. The van der Waals surface area contributed by atoms with Crippen LogP contribution in [0.4, 0.5) is 0 Å². The second kappa shape index (κ2) is 8.54. The first-order valence-electron chi connectivity index (χ1n) is 9.46. The van der Waals surface area contributed by atoms with Gasteiger partial charge in [0.1, 0.15) is 0 Å². The van der Waals surface area contributed by atoms with Gasteiger partial charge in [0.25, 0.3) is 0 Å². The van der Waals surface area contributed by atoms with Gasteiger partial charge in [-0.2, -0.15) is 0 Å². The highest BCUT2D eigenvalue weighted by molar-refractivity contribution is 7.91. The van der Waals surface area contributed by atoms with Crippen molar-refractivity contribution in [2.45, 2.75) is 32.5 Å². The van der Waals surface area contributed by atoms with E-state index in [4.69, 9.17) is 0 Å². The van der Waals surface area contributed by atoms with Gasteiger partial charge in [-0.05, 0) is 19.4 Å². The molecule has 1 N–H and O–H groups in total. The van der Waals surface area contributed by atoms with Crippen LogP contribution in [0.25, 0.3) is 0 Å². The molecule has 0 aromatic heterocycles. The van der Waals surface area contributed by atoms with Crippen LogP contribution in [-0.2, 0) is 21.2 Å². The van der Waals surface area contributed by atoms with Gasteiger partial charge in [-0.1, -0.05) is 42.0 Å². The van der Waals surface area contributed by atoms with Gasteiger partial charge in [0.2, 0.25) is 5.91 Å². The van der Waals surface area contributed by atoms with E-state index < -0.39 is 9.84 Å². The van der Waals surface area contributed by atoms with Gasteiger partial charge in [0, 0.05) is 38.3 Å². The van der Waals surface area contributed by atoms with Crippen molar-refractivity contribution in [2.75, 3.05) is 37.7 Å². The Bertz CT molecular complexity index is 788. The molecule has 0 radical (unpaired) electrons. The lowest BCUT2D eigenvalue weighted by molar-refractivity contribution is -0.123. The number of sulfone groups is 1. The van der Waals surface area contributed by atoms with E-state index in [0.717, 1.165) is 18.7 Å². The molecule has 27 heavy (non-hydrogen) atoms. The van der Waals surface area contributed by atoms with Crippen LogP contribution in [0, 0.1) is 0 Å². The van der Waals surface area contributed by atoms with E-state index >= 15 is 0 Å². The number of rotatable bonds is 6. The lowest BCUT2D eigenvalue weighted by atomic mass is 10.0. The minimum Gasteiger partial charge on any atom is -0.351 e. The summed E-state index contributed by atoms with van der Waals surface area (Å²) in [6.45, 7) is 7.12. The molecule has 2 atom stereocenters. The third-order valence-corrected chi connectivity index (χ3v) is 7.02. The quantitative estimate of drug-likeness (QED) is 0.734. The molecule has 0 aliphatic carbocycles. The maximum atomic E-state index is 12.4. The first-order valence-corrected chi connectivity index (χ1v) is 11.3. The monoisotopic (exact) mass is 391 g/mol. The molecule has 1 amide bonds. The van der Waals surface area contributed by atoms with Gasteiger partial charge >= 0.3 is 0 Å². The minimum atomic E-state index is -3.06. The van der Waals surface area contributed by atoms with Gasteiger partial charge in [-0.15, -0.1) is 0 Å². The van der Waals surface area contributed by atoms with Crippen molar-refractivity contribution in [2.24, 2.45) is 0 Å². The third kappa shape index (κ3) is 5.40. The highest BCUT2D eigenvalue weighted by Crippen LogP contribution is 2.26. The molecule has 2 heterocycles. The first-order chi connectivity index (χ1) is 12.8. The van der Waals surface area contributed by atoms with Crippen LogP contribution < -0.4 is 5.32 Å². The molecular formula is C20H29N3O3S. The summed E-state index contributed by atoms with van der Waals surface area (Å²) in [4.78, 5) is 16.7. The highest BCUT2D eigenvalue weighted by atomic mass is 32.2. The van der Waals surface area contributed by atoms with Gasteiger partial charge < -0.3 is 5.32 Å². The van der Waals surface area contributed by atoms with E-state index in [9.17, 15) is 13.2 Å². The summed E-state index contributed by atoms with van der Waals surface area (Å²) in [5, 5.41) is 2.95. The van der Waals surface area contributed by atoms with Crippen molar-refractivity contribution in [3.8, 4) is 0 Å². The van der Waals surface area contributed by atoms with Crippen LogP contribution in [0.1, 0.15) is 19.4 Å². The Labute approximate surface area is 162 Å². The Kier molecular flexibility index (Phi) is 6.34. The molecule has 1 aromatic carbocycles. The number of carbonyl (C=O) groups excluding carboxylic acids is 1. The number of nitrogens with one attached hydrogen (secondary N) is 1. The summed E-state index contributed by atoms with van der Waals surface area (Å²) >= 11 is 0. The summed E-state index contributed by atoms with van der Waals surface area (Å²) in [5.41, 5.74) is 2.29. The van der Waals surface area contributed by atoms with Crippen molar-refractivity contribution in [3.63, 3.8) is 0 Å². The standard InChI is InChI=1S/C20H29N3O3S/c1-16(2)8-9-22-10-11-23(19-15-27(25,26)14-18(19)22)13-20(24)21-12-17-6-4-3-5-7-17/h3-8,18-19H,9-15H2,1-2H3,(H,21,24)/t18-,19+/m1/s1. The SMILES string of the molecule is CC(C)=CCN1CCN(CC(=O)NCc2ccccc2)[C@H]2CS(=O)(=O)C[C@H]21. The number of nitrogens with zero attached hydrogens (tertiary/aromatic N) is 2. The van der Waals surface area contributed by atoms with Crippen LogP contribution in [0.2, 0.25) is 0 Å². The number of hydrogen-bond acceptors (Lipinski definition) is 5. The third-order valence-electron chi connectivity index (χ3n) is 5.32. The van der Waals surface area contributed by atoms with Crippen LogP contribution in [0.15, 0.2) is 42.0 Å². The molecule has 3 rings (SSSR count). The lowest BCUT2D eigenvalue weighted by Crippen LogP contribution is -2.60. The summed E-state index contributed by atoms with van der Waals surface area (Å²) < 4.78 is 24.5. The number of fused-ring (bicyclic) bond motifs is 1. The molecule has 6 nitrogen and oxygen atoms in total. The maximum Gasteiger partial charge on any atom is 0.234 e. The number of allylic oxidation sites excluding steroid dienone is 1. The fraction of sp³-hybridized carbons (Fsp3) is 0.550. The van der Waals surface area contributed by atoms with Gasteiger partial charge in [0.15, 0.2) is 9.84 Å². The number of amides is 1. The number of hydrogen-bond donors (Lipinski definition) is 1. The van der Waals surface area contributed by atoms with E-state index in [1.165, 1.54) is 5.57 Å². The molecule has 7 heteroatoms. The molecule has 0 unspecified atom stereocenters. The summed E-state index contributed by atoms with van der Waals surface area (Å²) in [6, 6.07) is 9.66. The van der Waals surface area contributed by atoms with Crippen LogP contribution in [0.5, 0.6) is 0 Å². The number of carbonyl (C=O) groups is 1. The lowest BCUT2D eigenvalue weighted by Gasteiger charge is -2.43. The minimum absolute atomic E-state index is 0.0266. The van der Waals surface area contributed by atoms with E-state index in [1.807, 2.05) is 30.3 Å². The van der Waals surface area contributed by atoms with E-state index in [-0.39, 0.29) is 36.0 Å². The summed E-state index contributed by atoms with van der Waals surface area (Å²) in [6.07, 6.45) is 2.14. The molecule has 2 aliphatic rings. The van der Waals surface area contributed by atoms with Crippen molar-refractivity contribution in [1.82, 2.24) is 15.1 Å². The summed E-state index contributed by atoms with van der Waals surface area (Å²) in [7, 11) is -3.06. The first kappa shape index (κ1) is 20.0. The Morgan fingerprint density at radius 2 is 1.74 bits per heavy atom. The Morgan fingerprint density at radius 1 is 1.11 bits per heavy atom. The molecule has 0 bridgehead atoms. The molecule has 2 fully saturated rings. The van der Waals surface area contributed by atoms with Crippen LogP contribution in [0.3, 0.4) is 0 Å². The van der Waals surface area contributed by atoms with Crippen molar-refractivity contribution in [3.05, 3.63) is 47.5 Å². The second-order valence-corrected chi connectivity index (χ2v) is 9.87.